The lowest BCUT2D eigenvalue weighted by Crippen LogP contribution is -2.53. The molecule has 1 saturated carbocycles. The maximum atomic E-state index is 14.6. The van der Waals surface area contributed by atoms with Gasteiger partial charge in [0.2, 0.25) is 0 Å². The van der Waals surface area contributed by atoms with Crippen molar-refractivity contribution in [1.29, 1.82) is 0 Å². The van der Waals surface area contributed by atoms with E-state index in [1.807, 2.05) is 23.7 Å². The lowest BCUT2D eigenvalue weighted by atomic mass is 9.62. The summed E-state index contributed by atoms with van der Waals surface area (Å²) in [5.74, 6) is 1.61. The van der Waals surface area contributed by atoms with Crippen LogP contribution in [-0.2, 0) is 38.1 Å². The normalized spacial score (nSPS) is 20.2. The van der Waals surface area contributed by atoms with E-state index < -0.39 is 17.6 Å². The number of fused-ring (bicyclic) bond motifs is 1. The van der Waals surface area contributed by atoms with Crippen LogP contribution in [0.3, 0.4) is 0 Å². The van der Waals surface area contributed by atoms with Crippen LogP contribution in [0.1, 0.15) is 71.5 Å². The average molecular weight is 637 g/mol. The highest BCUT2D eigenvalue weighted by Gasteiger charge is 2.43. The summed E-state index contributed by atoms with van der Waals surface area (Å²) in [6, 6.07) is 6.99. The van der Waals surface area contributed by atoms with Crippen LogP contribution in [0.2, 0.25) is 0 Å². The summed E-state index contributed by atoms with van der Waals surface area (Å²) in [6.45, 7) is 11.1. The van der Waals surface area contributed by atoms with E-state index in [0.717, 1.165) is 50.3 Å². The smallest absolute Gasteiger partial charge is 0.367 e. The number of hydrogen-bond donors (Lipinski definition) is 1. The molecule has 1 aliphatic carbocycles. The Morgan fingerprint density at radius 1 is 1.15 bits per heavy atom. The molecule has 1 atom stereocenters. The van der Waals surface area contributed by atoms with Gasteiger partial charge in [-0.3, -0.25) is 14.6 Å². The van der Waals surface area contributed by atoms with Gasteiger partial charge in [0, 0.05) is 63.2 Å². The maximum Gasteiger partial charge on any atom is 0.416 e. The first kappa shape index (κ1) is 32.2. The van der Waals surface area contributed by atoms with Crippen LogP contribution in [0.5, 0.6) is 0 Å². The van der Waals surface area contributed by atoms with Gasteiger partial charge in [-0.05, 0) is 66.8 Å². The van der Waals surface area contributed by atoms with Gasteiger partial charge in [-0.2, -0.15) is 13.2 Å². The SMILES string of the molecule is C=CCNc1cc(C2(Cc3nncn3C)CCC2)cc(N2Cc3c(cc(CN4CCN(C)C[C@@H]4C(C)C)cc3C(F)(F)F)C2=O)n1. The van der Waals surface area contributed by atoms with Crippen molar-refractivity contribution in [3.63, 3.8) is 0 Å². The molecule has 2 aromatic heterocycles. The molecule has 6 rings (SSSR count). The molecule has 0 radical (unpaired) electrons. The molecule has 1 aromatic carbocycles. The van der Waals surface area contributed by atoms with E-state index in [-0.39, 0.29) is 29.1 Å². The molecule has 4 heterocycles. The van der Waals surface area contributed by atoms with E-state index in [0.29, 0.717) is 42.6 Å². The minimum atomic E-state index is -4.60. The van der Waals surface area contributed by atoms with Gasteiger partial charge < -0.3 is 14.8 Å². The van der Waals surface area contributed by atoms with E-state index in [2.05, 4.69) is 52.8 Å². The van der Waals surface area contributed by atoms with Crippen LogP contribution in [0.4, 0.5) is 24.8 Å². The Morgan fingerprint density at radius 2 is 1.93 bits per heavy atom. The van der Waals surface area contributed by atoms with Gasteiger partial charge in [0.1, 0.15) is 23.8 Å². The predicted octanol–water partition coefficient (Wildman–Crippen LogP) is 5.42. The number of carbonyl (C=O) groups excluding carboxylic acids is 1. The number of benzene rings is 1. The summed E-state index contributed by atoms with van der Waals surface area (Å²) in [5, 5.41) is 11.6. The first-order valence-corrected chi connectivity index (χ1v) is 16.1. The van der Waals surface area contributed by atoms with E-state index in [1.165, 1.54) is 11.0 Å². The summed E-state index contributed by atoms with van der Waals surface area (Å²) in [7, 11) is 3.98. The molecular weight excluding hydrogens is 593 g/mol. The molecule has 12 heteroatoms. The fourth-order valence-electron chi connectivity index (χ4n) is 7.22. The molecule has 1 amide bonds. The monoisotopic (exact) mass is 636 g/mol. The van der Waals surface area contributed by atoms with E-state index in [4.69, 9.17) is 4.98 Å². The van der Waals surface area contributed by atoms with Crippen LogP contribution < -0.4 is 10.2 Å². The van der Waals surface area contributed by atoms with Crippen molar-refractivity contribution in [2.24, 2.45) is 13.0 Å². The Hall–Kier alpha value is -3.77. The van der Waals surface area contributed by atoms with Crippen LogP contribution in [-0.4, -0.2) is 74.7 Å². The zero-order valence-corrected chi connectivity index (χ0v) is 27.1. The van der Waals surface area contributed by atoms with Crippen LogP contribution in [0, 0.1) is 5.92 Å². The van der Waals surface area contributed by atoms with Crippen LogP contribution >= 0.6 is 0 Å². The molecule has 2 aliphatic heterocycles. The summed E-state index contributed by atoms with van der Waals surface area (Å²) < 4.78 is 45.7. The summed E-state index contributed by atoms with van der Waals surface area (Å²) >= 11 is 0. The number of aryl methyl sites for hydroxylation is 1. The third-order valence-electron chi connectivity index (χ3n) is 10.0. The Bertz CT molecular complexity index is 1610. The summed E-state index contributed by atoms with van der Waals surface area (Å²) in [5.41, 5.74) is 0.608. The summed E-state index contributed by atoms with van der Waals surface area (Å²) in [6.07, 6.45) is 2.33. The van der Waals surface area contributed by atoms with E-state index >= 15 is 0 Å². The van der Waals surface area contributed by atoms with Crippen molar-refractivity contribution in [2.45, 2.75) is 70.3 Å². The molecule has 1 N–H and O–H groups in total. The Kier molecular flexibility index (Phi) is 8.71. The Labute approximate surface area is 268 Å². The number of amides is 1. The fourth-order valence-corrected chi connectivity index (χ4v) is 7.22. The largest absolute Gasteiger partial charge is 0.416 e. The number of rotatable bonds is 10. The predicted molar refractivity (Wildman–Crippen MR) is 172 cm³/mol. The second-order valence-corrected chi connectivity index (χ2v) is 13.5. The topological polar surface area (TPSA) is 82.4 Å². The quantitative estimate of drug-likeness (QED) is 0.298. The number of nitrogens with zero attached hydrogens (tertiary/aromatic N) is 7. The van der Waals surface area contributed by atoms with Gasteiger partial charge >= 0.3 is 6.18 Å². The first-order valence-electron chi connectivity index (χ1n) is 16.1. The number of carbonyl (C=O) groups is 1. The lowest BCUT2D eigenvalue weighted by molar-refractivity contribution is -0.138. The number of aromatic nitrogens is 4. The standard InChI is InChI=1S/C34H43F3N8O/c1-6-10-38-29-15-24(33(8-7-9-33)17-31-41-39-21-43(31)5)16-30(40-29)45-19-26-25(32(45)46)13-23(14-27(26)34(35,36)37)18-44-12-11-42(4)20-28(44)22(2)3/h6,13-16,21-22,28H,1,7-12,17-20H2,2-5H3,(H,38,40)/t28-/m1/s1. The Balaban J connectivity index is 1.36. The molecule has 9 nitrogen and oxygen atoms in total. The number of anilines is 2. The average Bonchev–Trinajstić information content (AvgIpc) is 3.55. The molecule has 3 aromatic rings. The molecule has 0 spiro atoms. The van der Waals surface area contributed by atoms with Crippen molar-refractivity contribution >= 4 is 17.5 Å². The number of alkyl halides is 3. The number of likely N-dealkylation sites (N-methyl/N-ethyl adjacent to an activating group) is 1. The van der Waals surface area contributed by atoms with Gasteiger partial charge in [0.25, 0.3) is 5.91 Å². The van der Waals surface area contributed by atoms with Gasteiger partial charge in [-0.1, -0.05) is 26.3 Å². The molecule has 2 fully saturated rings. The Morgan fingerprint density at radius 3 is 2.57 bits per heavy atom. The minimum absolute atomic E-state index is 0.00489. The zero-order chi connectivity index (χ0) is 32.8. The number of hydrogen-bond acceptors (Lipinski definition) is 7. The third-order valence-corrected chi connectivity index (χ3v) is 10.0. The molecule has 3 aliphatic rings. The van der Waals surface area contributed by atoms with Crippen molar-refractivity contribution in [1.82, 2.24) is 29.5 Å². The van der Waals surface area contributed by atoms with Crippen molar-refractivity contribution in [3.05, 3.63) is 76.9 Å². The summed E-state index contributed by atoms with van der Waals surface area (Å²) in [4.78, 5) is 24.7. The van der Waals surface area contributed by atoms with Crippen molar-refractivity contribution < 1.29 is 18.0 Å². The van der Waals surface area contributed by atoms with E-state index in [1.54, 1.807) is 18.5 Å². The lowest BCUT2D eigenvalue weighted by Gasteiger charge is -2.42. The molecule has 46 heavy (non-hydrogen) atoms. The highest BCUT2D eigenvalue weighted by molar-refractivity contribution is 6.10. The van der Waals surface area contributed by atoms with E-state index in [9.17, 15) is 18.0 Å². The highest BCUT2D eigenvalue weighted by Crippen LogP contribution is 2.48. The number of pyridine rings is 1. The maximum absolute atomic E-state index is 14.6. The van der Waals surface area contributed by atoms with Crippen LogP contribution in [0.15, 0.2) is 43.2 Å². The number of nitrogens with one attached hydrogen (secondary N) is 1. The van der Waals surface area contributed by atoms with Gasteiger partial charge in [-0.15, -0.1) is 16.8 Å². The van der Waals surface area contributed by atoms with Crippen LogP contribution in [0.25, 0.3) is 0 Å². The molecule has 246 valence electrons. The number of halogens is 3. The molecule has 0 unspecified atom stereocenters. The zero-order valence-electron chi connectivity index (χ0n) is 27.1. The second-order valence-electron chi connectivity index (χ2n) is 13.5. The highest BCUT2D eigenvalue weighted by atomic mass is 19.4. The third kappa shape index (κ3) is 6.16. The fraction of sp³-hybridized carbons (Fsp3) is 0.529. The van der Waals surface area contributed by atoms with Crippen molar-refractivity contribution in [3.8, 4) is 0 Å². The van der Waals surface area contributed by atoms with Gasteiger partial charge in [0.15, 0.2) is 0 Å². The second kappa shape index (κ2) is 12.4. The van der Waals surface area contributed by atoms with Gasteiger partial charge in [0.05, 0.1) is 12.1 Å². The minimum Gasteiger partial charge on any atom is -0.367 e. The molecular formula is C34H43F3N8O. The number of piperazine rings is 1. The molecule has 1 saturated heterocycles. The first-order chi connectivity index (χ1) is 21.9. The van der Waals surface area contributed by atoms with Gasteiger partial charge in [-0.25, -0.2) is 4.98 Å². The van der Waals surface area contributed by atoms with Crippen molar-refractivity contribution in [2.75, 3.05) is 43.4 Å². The molecule has 0 bridgehead atoms.